The van der Waals surface area contributed by atoms with Gasteiger partial charge in [0.1, 0.15) is 11.5 Å². The number of unbranched alkanes of at least 4 members (excludes halogenated alkanes) is 11. The van der Waals surface area contributed by atoms with Crippen LogP contribution >= 0.6 is 0 Å². The zero-order chi connectivity index (χ0) is 32.8. The Morgan fingerprint density at radius 1 is 0.652 bits per heavy atom. The Morgan fingerprint density at radius 2 is 1.13 bits per heavy atom. The average Bonchev–Trinajstić information content (AvgIpc) is 3.08. The molecule has 2 aromatic rings. The smallest absolute Gasteiger partial charge is 0.330 e. The molecule has 0 aromatic heterocycles. The summed E-state index contributed by atoms with van der Waals surface area (Å²) < 4.78 is 10.7. The maximum atomic E-state index is 13.0. The number of hydrogen-bond donors (Lipinski definition) is 0. The largest absolute Gasteiger partial charge is 0.463 e. The number of ketones is 1. The van der Waals surface area contributed by atoms with Gasteiger partial charge < -0.3 is 9.47 Å². The summed E-state index contributed by atoms with van der Waals surface area (Å²) in [6.07, 6.45) is 22.5. The van der Waals surface area contributed by atoms with Gasteiger partial charge in [0.25, 0.3) is 0 Å². The zero-order valence-electron chi connectivity index (χ0n) is 28.4. The van der Waals surface area contributed by atoms with Gasteiger partial charge in [-0.2, -0.15) is 0 Å². The first-order chi connectivity index (χ1) is 22.5. The van der Waals surface area contributed by atoms with Gasteiger partial charge in [-0.1, -0.05) is 114 Å². The normalized spacial score (nSPS) is 16.1. The van der Waals surface area contributed by atoms with Crippen LogP contribution in [0.15, 0.2) is 61.2 Å². The minimum absolute atomic E-state index is 0.0454. The molecule has 0 spiro atoms. The summed E-state index contributed by atoms with van der Waals surface area (Å²) in [5.41, 5.74) is 3.73. The average molecular weight is 631 g/mol. The van der Waals surface area contributed by atoms with Crippen LogP contribution in [0.4, 0.5) is 0 Å². The summed E-state index contributed by atoms with van der Waals surface area (Å²) >= 11 is 0. The third kappa shape index (κ3) is 14.9. The lowest BCUT2D eigenvalue weighted by atomic mass is 9.79. The number of aryl methyl sites for hydroxylation is 2. The van der Waals surface area contributed by atoms with Crippen LogP contribution < -0.4 is 4.74 Å². The van der Waals surface area contributed by atoms with E-state index in [2.05, 4.69) is 49.9 Å². The molecule has 0 heterocycles. The van der Waals surface area contributed by atoms with Gasteiger partial charge in [-0.3, -0.25) is 9.59 Å². The van der Waals surface area contributed by atoms with E-state index in [1.807, 2.05) is 12.1 Å². The van der Waals surface area contributed by atoms with E-state index in [0.29, 0.717) is 24.6 Å². The zero-order valence-corrected chi connectivity index (χ0v) is 28.4. The van der Waals surface area contributed by atoms with Crippen LogP contribution in [0.2, 0.25) is 0 Å². The number of carbonyl (C=O) groups excluding carboxylic acids is 3. The number of ether oxygens (including phenoxy) is 2. The Balaban J connectivity index is 1.23. The van der Waals surface area contributed by atoms with Crippen LogP contribution in [-0.2, 0) is 38.4 Å². The Kier molecular flexibility index (Phi) is 18.1. The molecule has 0 atom stereocenters. The summed E-state index contributed by atoms with van der Waals surface area (Å²) in [5.74, 6) is 0.334. The van der Waals surface area contributed by atoms with Crippen molar-refractivity contribution in [2.45, 2.75) is 135 Å². The van der Waals surface area contributed by atoms with Crippen molar-refractivity contribution < 1.29 is 23.9 Å². The highest BCUT2D eigenvalue weighted by atomic mass is 16.5. The van der Waals surface area contributed by atoms with Crippen LogP contribution in [0, 0.1) is 11.8 Å². The number of Topliss-reactive ketones (excluding diaryl/α,β-unsaturated/α-hetero) is 1. The Morgan fingerprint density at radius 3 is 1.70 bits per heavy atom. The van der Waals surface area contributed by atoms with Crippen LogP contribution in [0.5, 0.6) is 5.75 Å². The molecular formula is C41H58O5. The van der Waals surface area contributed by atoms with Crippen molar-refractivity contribution in [2.75, 3.05) is 6.61 Å². The van der Waals surface area contributed by atoms with E-state index < -0.39 is 0 Å². The molecule has 0 radical (unpaired) electrons. The Bertz CT molecular complexity index is 1160. The van der Waals surface area contributed by atoms with Gasteiger partial charge >= 0.3 is 11.9 Å². The van der Waals surface area contributed by atoms with Crippen molar-refractivity contribution in [3.63, 3.8) is 0 Å². The van der Waals surface area contributed by atoms with Crippen LogP contribution in [0.25, 0.3) is 0 Å². The highest BCUT2D eigenvalue weighted by Gasteiger charge is 2.31. The lowest BCUT2D eigenvalue weighted by Crippen LogP contribution is -2.29. The lowest BCUT2D eigenvalue weighted by Gasteiger charge is -2.26. The molecule has 1 aliphatic carbocycles. The van der Waals surface area contributed by atoms with E-state index in [9.17, 15) is 14.4 Å². The van der Waals surface area contributed by atoms with E-state index in [-0.39, 0.29) is 23.8 Å². The monoisotopic (exact) mass is 630 g/mol. The van der Waals surface area contributed by atoms with Gasteiger partial charge in [-0.05, 0) is 86.6 Å². The van der Waals surface area contributed by atoms with E-state index in [1.54, 1.807) is 0 Å². The molecule has 0 amide bonds. The molecule has 0 saturated heterocycles. The van der Waals surface area contributed by atoms with Crippen molar-refractivity contribution in [2.24, 2.45) is 11.8 Å². The number of benzene rings is 2. The van der Waals surface area contributed by atoms with E-state index in [4.69, 9.17) is 9.47 Å². The van der Waals surface area contributed by atoms with Gasteiger partial charge in [-0.25, -0.2) is 4.79 Å². The third-order valence-corrected chi connectivity index (χ3v) is 9.40. The van der Waals surface area contributed by atoms with Crippen molar-refractivity contribution in [1.29, 1.82) is 0 Å². The van der Waals surface area contributed by atoms with Gasteiger partial charge in [0.2, 0.25) is 0 Å². The maximum absolute atomic E-state index is 13.0. The van der Waals surface area contributed by atoms with E-state index in [0.717, 1.165) is 56.9 Å². The molecule has 46 heavy (non-hydrogen) atoms. The Labute approximate surface area is 278 Å². The fraction of sp³-hybridized carbons (Fsp3) is 0.585. The molecule has 5 nitrogen and oxygen atoms in total. The molecule has 0 N–H and O–H groups in total. The van der Waals surface area contributed by atoms with Crippen LogP contribution in [0.1, 0.15) is 133 Å². The molecule has 5 heteroatoms. The van der Waals surface area contributed by atoms with E-state index >= 15 is 0 Å². The van der Waals surface area contributed by atoms with E-state index in [1.165, 1.54) is 87.8 Å². The SMILES string of the molecule is C=CC(=O)OCCCCCCCCCCCc1ccc(OC(=O)C2CCC(C(=O)Cc3ccc(CCCCCC)cc3)CC2)cc1. The fourth-order valence-electron chi connectivity index (χ4n) is 6.40. The summed E-state index contributed by atoms with van der Waals surface area (Å²) in [6.45, 7) is 6.13. The van der Waals surface area contributed by atoms with Crippen LogP contribution in [0.3, 0.4) is 0 Å². The summed E-state index contributed by atoms with van der Waals surface area (Å²) in [4.78, 5) is 36.8. The molecule has 0 unspecified atom stereocenters. The van der Waals surface area contributed by atoms with Crippen molar-refractivity contribution >= 4 is 17.7 Å². The summed E-state index contributed by atoms with van der Waals surface area (Å²) in [5, 5.41) is 0. The second-order valence-corrected chi connectivity index (χ2v) is 13.2. The highest BCUT2D eigenvalue weighted by molar-refractivity contribution is 5.84. The first-order valence-corrected chi connectivity index (χ1v) is 18.2. The van der Waals surface area contributed by atoms with Gasteiger partial charge in [0.05, 0.1) is 12.5 Å². The fourth-order valence-corrected chi connectivity index (χ4v) is 6.40. The first kappa shape index (κ1) is 37.2. The number of rotatable bonds is 23. The molecule has 252 valence electrons. The van der Waals surface area contributed by atoms with Gasteiger partial charge in [0, 0.05) is 18.4 Å². The molecule has 0 bridgehead atoms. The maximum Gasteiger partial charge on any atom is 0.330 e. The predicted octanol–water partition coefficient (Wildman–Crippen LogP) is 10.1. The standard InChI is InChI=1S/C41H58O5/c1-3-5-6-14-17-33-19-21-35(22-20-33)32-39(42)36-25-27-37(28-26-36)41(44)46-38-29-23-34(24-30-38)18-15-12-10-8-7-9-11-13-16-31-45-40(43)4-2/h4,19-24,29-30,36-37H,2-3,5-18,25-28,31-32H2,1H3. The van der Waals surface area contributed by atoms with Gasteiger partial charge in [0.15, 0.2) is 0 Å². The molecule has 1 aliphatic rings. The molecule has 1 saturated carbocycles. The second kappa shape index (κ2) is 22.3. The van der Waals surface area contributed by atoms with Crippen LogP contribution in [-0.4, -0.2) is 24.3 Å². The summed E-state index contributed by atoms with van der Waals surface area (Å²) in [7, 11) is 0. The molecule has 3 rings (SSSR count). The van der Waals surface area contributed by atoms with Crippen molar-refractivity contribution in [3.8, 4) is 5.75 Å². The molecule has 2 aromatic carbocycles. The summed E-state index contributed by atoms with van der Waals surface area (Å²) in [6, 6.07) is 16.6. The van der Waals surface area contributed by atoms with Gasteiger partial charge in [-0.15, -0.1) is 0 Å². The van der Waals surface area contributed by atoms with Crippen molar-refractivity contribution in [1.82, 2.24) is 0 Å². The Hall–Kier alpha value is -3.21. The number of esters is 2. The first-order valence-electron chi connectivity index (χ1n) is 18.2. The second-order valence-electron chi connectivity index (χ2n) is 13.2. The number of hydrogen-bond acceptors (Lipinski definition) is 5. The minimum atomic E-state index is -0.334. The lowest BCUT2D eigenvalue weighted by molar-refractivity contribution is -0.141. The highest BCUT2D eigenvalue weighted by Crippen LogP contribution is 2.31. The number of carbonyl (C=O) groups is 3. The quantitative estimate of drug-likeness (QED) is 0.0529. The molecular weight excluding hydrogens is 572 g/mol. The topological polar surface area (TPSA) is 69.7 Å². The van der Waals surface area contributed by atoms with Crippen molar-refractivity contribution in [3.05, 3.63) is 77.9 Å². The third-order valence-electron chi connectivity index (χ3n) is 9.40. The molecule has 0 aliphatic heterocycles. The minimum Gasteiger partial charge on any atom is -0.463 e. The predicted molar refractivity (Wildman–Crippen MR) is 187 cm³/mol. The molecule has 1 fully saturated rings.